The Balaban J connectivity index is 1.72. The second-order valence-electron chi connectivity index (χ2n) is 6.65. The topological polar surface area (TPSA) is 71.4 Å². The molecule has 6 heteroatoms. The van der Waals surface area contributed by atoms with Gasteiger partial charge in [0.15, 0.2) is 0 Å². The van der Waals surface area contributed by atoms with Crippen molar-refractivity contribution in [2.75, 3.05) is 45.8 Å². The predicted octanol–water partition coefficient (Wildman–Crippen LogP) is -0.370. The third-order valence-electron chi connectivity index (χ3n) is 4.76. The van der Waals surface area contributed by atoms with Crippen LogP contribution in [0, 0.1) is 17.2 Å². The highest BCUT2D eigenvalue weighted by Crippen LogP contribution is 2.17. The number of rotatable bonds is 5. The first-order valence-corrected chi connectivity index (χ1v) is 7.84. The molecule has 1 amide bonds. The SMILES string of the molecule is CC(C)C(C)(C#N)NC(=O)CN1CC(N2CCNCC2)C1. The van der Waals surface area contributed by atoms with Crippen LogP contribution in [0.4, 0.5) is 0 Å². The lowest BCUT2D eigenvalue weighted by Gasteiger charge is -2.46. The van der Waals surface area contributed by atoms with Crippen LogP contribution in [0.25, 0.3) is 0 Å². The average Bonchev–Trinajstić information content (AvgIpc) is 2.43. The molecule has 118 valence electrons. The lowest BCUT2D eigenvalue weighted by molar-refractivity contribution is -0.125. The van der Waals surface area contributed by atoms with Gasteiger partial charge in [0.1, 0.15) is 5.54 Å². The van der Waals surface area contributed by atoms with Crippen molar-refractivity contribution in [2.45, 2.75) is 32.4 Å². The second kappa shape index (κ2) is 6.73. The molecule has 2 heterocycles. The van der Waals surface area contributed by atoms with Gasteiger partial charge in [-0.3, -0.25) is 14.6 Å². The molecule has 0 spiro atoms. The van der Waals surface area contributed by atoms with Crippen LogP contribution in [0.15, 0.2) is 0 Å². The van der Waals surface area contributed by atoms with Gasteiger partial charge in [-0.1, -0.05) is 13.8 Å². The minimum Gasteiger partial charge on any atom is -0.337 e. The van der Waals surface area contributed by atoms with Crippen molar-refractivity contribution in [2.24, 2.45) is 5.92 Å². The standard InChI is InChI=1S/C15H27N5O/c1-12(2)15(3,11-16)18-14(21)10-19-8-13(9-19)20-6-4-17-5-7-20/h12-13,17H,4-10H2,1-3H3,(H,18,21). The zero-order valence-corrected chi connectivity index (χ0v) is 13.4. The van der Waals surface area contributed by atoms with E-state index in [9.17, 15) is 10.1 Å². The number of carbonyl (C=O) groups excluding carboxylic acids is 1. The zero-order chi connectivity index (χ0) is 15.5. The Kier molecular flexibility index (Phi) is 5.20. The molecule has 2 aliphatic heterocycles. The monoisotopic (exact) mass is 293 g/mol. The van der Waals surface area contributed by atoms with Gasteiger partial charge in [-0.2, -0.15) is 5.26 Å². The smallest absolute Gasteiger partial charge is 0.235 e. The third kappa shape index (κ3) is 3.94. The van der Waals surface area contributed by atoms with Crippen molar-refractivity contribution < 1.29 is 4.79 Å². The number of hydrogen-bond acceptors (Lipinski definition) is 5. The Hall–Kier alpha value is -1.16. The van der Waals surface area contributed by atoms with E-state index in [1.54, 1.807) is 6.92 Å². The van der Waals surface area contributed by atoms with Crippen molar-refractivity contribution in [1.29, 1.82) is 5.26 Å². The van der Waals surface area contributed by atoms with Crippen LogP contribution in [0.1, 0.15) is 20.8 Å². The fourth-order valence-electron chi connectivity index (χ4n) is 2.78. The fourth-order valence-corrected chi connectivity index (χ4v) is 2.78. The molecule has 6 nitrogen and oxygen atoms in total. The highest BCUT2D eigenvalue weighted by Gasteiger charge is 2.35. The summed E-state index contributed by atoms with van der Waals surface area (Å²) >= 11 is 0. The number of amides is 1. The summed E-state index contributed by atoms with van der Waals surface area (Å²) in [5, 5.41) is 15.5. The molecule has 2 N–H and O–H groups in total. The molecule has 0 bridgehead atoms. The molecule has 0 aromatic rings. The predicted molar refractivity (Wildman–Crippen MR) is 81.7 cm³/mol. The van der Waals surface area contributed by atoms with E-state index in [1.165, 1.54) is 0 Å². The van der Waals surface area contributed by atoms with Crippen molar-refractivity contribution in [3.05, 3.63) is 0 Å². The van der Waals surface area contributed by atoms with Crippen LogP contribution in [-0.4, -0.2) is 73.1 Å². The molecule has 0 aromatic carbocycles. The van der Waals surface area contributed by atoms with E-state index in [-0.39, 0.29) is 11.8 Å². The molecular formula is C15H27N5O. The van der Waals surface area contributed by atoms with Crippen LogP contribution in [0.2, 0.25) is 0 Å². The average molecular weight is 293 g/mol. The number of likely N-dealkylation sites (tertiary alicyclic amines) is 1. The minimum atomic E-state index is -0.778. The molecule has 0 aromatic heterocycles. The first-order valence-electron chi connectivity index (χ1n) is 7.84. The summed E-state index contributed by atoms with van der Waals surface area (Å²) in [6.45, 7) is 12.3. The number of nitrogens with one attached hydrogen (secondary N) is 2. The fraction of sp³-hybridized carbons (Fsp3) is 0.867. The summed E-state index contributed by atoms with van der Waals surface area (Å²) in [6.07, 6.45) is 0. The highest BCUT2D eigenvalue weighted by molar-refractivity contribution is 5.79. The third-order valence-corrected chi connectivity index (χ3v) is 4.76. The van der Waals surface area contributed by atoms with Gasteiger partial charge in [0, 0.05) is 45.3 Å². The van der Waals surface area contributed by atoms with Gasteiger partial charge in [-0.15, -0.1) is 0 Å². The Morgan fingerprint density at radius 1 is 1.43 bits per heavy atom. The second-order valence-corrected chi connectivity index (χ2v) is 6.65. The quantitative estimate of drug-likeness (QED) is 0.724. The first-order chi connectivity index (χ1) is 9.94. The first kappa shape index (κ1) is 16.2. The molecule has 2 fully saturated rings. The van der Waals surface area contributed by atoms with Crippen molar-refractivity contribution in [3.63, 3.8) is 0 Å². The van der Waals surface area contributed by atoms with E-state index in [0.717, 1.165) is 39.3 Å². The van der Waals surface area contributed by atoms with E-state index in [4.69, 9.17) is 0 Å². The van der Waals surface area contributed by atoms with Crippen LogP contribution in [0.3, 0.4) is 0 Å². The van der Waals surface area contributed by atoms with E-state index >= 15 is 0 Å². The summed E-state index contributed by atoms with van der Waals surface area (Å²) in [4.78, 5) is 16.7. The van der Waals surface area contributed by atoms with Gasteiger partial charge < -0.3 is 10.6 Å². The van der Waals surface area contributed by atoms with Gasteiger partial charge in [-0.05, 0) is 12.8 Å². The summed E-state index contributed by atoms with van der Waals surface area (Å²) < 4.78 is 0. The summed E-state index contributed by atoms with van der Waals surface area (Å²) in [6, 6.07) is 2.80. The molecule has 0 saturated carbocycles. The van der Waals surface area contributed by atoms with Crippen LogP contribution in [-0.2, 0) is 4.79 Å². The maximum absolute atomic E-state index is 12.1. The van der Waals surface area contributed by atoms with Crippen LogP contribution < -0.4 is 10.6 Å². The molecule has 0 aliphatic carbocycles. The molecule has 2 aliphatic rings. The van der Waals surface area contributed by atoms with Crippen molar-refractivity contribution >= 4 is 5.91 Å². The summed E-state index contributed by atoms with van der Waals surface area (Å²) in [5.74, 6) is 0.0444. The van der Waals surface area contributed by atoms with E-state index in [2.05, 4.69) is 26.5 Å². The van der Waals surface area contributed by atoms with E-state index in [1.807, 2.05) is 13.8 Å². The molecule has 1 atom stereocenters. The molecule has 2 rings (SSSR count). The summed E-state index contributed by atoms with van der Waals surface area (Å²) in [5.41, 5.74) is -0.778. The molecule has 21 heavy (non-hydrogen) atoms. The molecule has 2 saturated heterocycles. The lowest BCUT2D eigenvalue weighted by Crippen LogP contribution is -2.64. The molecular weight excluding hydrogens is 266 g/mol. The van der Waals surface area contributed by atoms with Crippen molar-refractivity contribution in [3.8, 4) is 6.07 Å². The van der Waals surface area contributed by atoms with Gasteiger partial charge >= 0.3 is 0 Å². The summed E-state index contributed by atoms with van der Waals surface area (Å²) in [7, 11) is 0. The normalized spacial score (nSPS) is 24.1. The Labute approximate surface area is 127 Å². The van der Waals surface area contributed by atoms with Crippen LogP contribution >= 0.6 is 0 Å². The van der Waals surface area contributed by atoms with Gasteiger partial charge in [-0.25, -0.2) is 0 Å². The number of nitriles is 1. The zero-order valence-electron chi connectivity index (χ0n) is 13.4. The maximum Gasteiger partial charge on any atom is 0.235 e. The van der Waals surface area contributed by atoms with Crippen molar-refractivity contribution in [1.82, 2.24) is 20.4 Å². The van der Waals surface area contributed by atoms with Gasteiger partial charge in [0.25, 0.3) is 0 Å². The number of piperazine rings is 1. The molecule has 0 radical (unpaired) electrons. The number of carbonyl (C=O) groups is 1. The Morgan fingerprint density at radius 3 is 2.57 bits per heavy atom. The van der Waals surface area contributed by atoms with E-state index in [0.29, 0.717) is 12.6 Å². The Bertz CT molecular complexity index is 407. The highest BCUT2D eigenvalue weighted by atomic mass is 16.2. The van der Waals surface area contributed by atoms with Gasteiger partial charge in [0.2, 0.25) is 5.91 Å². The lowest BCUT2D eigenvalue weighted by atomic mass is 9.90. The number of nitrogens with zero attached hydrogens (tertiary/aromatic N) is 3. The Morgan fingerprint density at radius 2 is 2.05 bits per heavy atom. The largest absolute Gasteiger partial charge is 0.337 e. The van der Waals surface area contributed by atoms with Crippen LogP contribution in [0.5, 0.6) is 0 Å². The van der Waals surface area contributed by atoms with E-state index < -0.39 is 5.54 Å². The number of hydrogen-bond donors (Lipinski definition) is 2. The molecule has 1 unspecified atom stereocenters. The maximum atomic E-state index is 12.1. The van der Waals surface area contributed by atoms with Gasteiger partial charge in [0.05, 0.1) is 12.6 Å². The minimum absolute atomic E-state index is 0.0495.